The van der Waals surface area contributed by atoms with Gasteiger partial charge in [0, 0.05) is 25.0 Å². The SMILES string of the molecule is Fc1cncc(NC2=NC3(CCOCC3)CS2)c1. The van der Waals surface area contributed by atoms with E-state index < -0.39 is 0 Å². The Bertz CT molecular complexity index is 474. The second-order valence-electron chi connectivity index (χ2n) is 4.56. The molecule has 1 spiro atoms. The van der Waals surface area contributed by atoms with Crippen LogP contribution in [0.15, 0.2) is 23.5 Å². The van der Waals surface area contributed by atoms with Crippen molar-refractivity contribution in [1.82, 2.24) is 4.98 Å². The molecule has 2 aliphatic heterocycles. The molecule has 0 aliphatic carbocycles. The molecule has 0 aromatic carbocycles. The Balaban J connectivity index is 1.72. The normalized spacial score (nSPS) is 21.9. The average molecular weight is 267 g/mol. The van der Waals surface area contributed by atoms with Crippen LogP contribution in [0.25, 0.3) is 0 Å². The van der Waals surface area contributed by atoms with Crippen LogP contribution in [0, 0.1) is 5.82 Å². The number of nitrogens with zero attached hydrogens (tertiary/aromatic N) is 2. The van der Waals surface area contributed by atoms with Crippen LogP contribution in [0.5, 0.6) is 0 Å². The van der Waals surface area contributed by atoms with E-state index in [1.165, 1.54) is 12.3 Å². The summed E-state index contributed by atoms with van der Waals surface area (Å²) in [5.74, 6) is 0.630. The van der Waals surface area contributed by atoms with Gasteiger partial charge in [0.2, 0.25) is 0 Å². The predicted octanol–water partition coefficient (Wildman–Crippen LogP) is 2.28. The highest BCUT2D eigenvalue weighted by Crippen LogP contribution is 2.36. The van der Waals surface area contributed by atoms with E-state index in [0.29, 0.717) is 5.69 Å². The number of halogens is 1. The van der Waals surface area contributed by atoms with Crippen LogP contribution < -0.4 is 5.32 Å². The van der Waals surface area contributed by atoms with Crippen LogP contribution in [0.1, 0.15) is 12.8 Å². The molecule has 18 heavy (non-hydrogen) atoms. The monoisotopic (exact) mass is 267 g/mol. The second kappa shape index (κ2) is 4.85. The summed E-state index contributed by atoms with van der Waals surface area (Å²) in [4.78, 5) is 8.55. The number of nitrogens with one attached hydrogen (secondary N) is 1. The molecule has 3 heterocycles. The van der Waals surface area contributed by atoms with E-state index in [2.05, 4.69) is 10.3 Å². The van der Waals surface area contributed by atoms with Gasteiger partial charge in [-0.25, -0.2) is 4.39 Å². The van der Waals surface area contributed by atoms with Crippen LogP contribution in [0.3, 0.4) is 0 Å². The van der Waals surface area contributed by atoms with Crippen molar-refractivity contribution in [1.29, 1.82) is 0 Å². The van der Waals surface area contributed by atoms with E-state index >= 15 is 0 Å². The van der Waals surface area contributed by atoms with Crippen LogP contribution in [0.2, 0.25) is 0 Å². The first kappa shape index (κ1) is 11.9. The summed E-state index contributed by atoms with van der Waals surface area (Å²) < 4.78 is 18.4. The first-order valence-electron chi connectivity index (χ1n) is 5.94. The summed E-state index contributed by atoms with van der Waals surface area (Å²) in [7, 11) is 0. The summed E-state index contributed by atoms with van der Waals surface area (Å²) in [5.41, 5.74) is 0.664. The number of thioether (sulfide) groups is 1. The highest BCUT2D eigenvalue weighted by Gasteiger charge is 2.37. The largest absolute Gasteiger partial charge is 0.381 e. The maximum absolute atomic E-state index is 13.0. The minimum atomic E-state index is -0.343. The van der Waals surface area contributed by atoms with E-state index in [9.17, 15) is 4.39 Å². The van der Waals surface area contributed by atoms with Gasteiger partial charge in [0.15, 0.2) is 5.17 Å². The lowest BCUT2D eigenvalue weighted by Crippen LogP contribution is -2.34. The Hall–Kier alpha value is -1.14. The predicted molar refractivity (Wildman–Crippen MR) is 70.5 cm³/mol. The van der Waals surface area contributed by atoms with E-state index in [4.69, 9.17) is 9.73 Å². The fraction of sp³-hybridized carbons (Fsp3) is 0.500. The van der Waals surface area contributed by atoms with E-state index in [1.54, 1.807) is 18.0 Å². The van der Waals surface area contributed by atoms with Crippen molar-refractivity contribution < 1.29 is 9.13 Å². The van der Waals surface area contributed by atoms with Gasteiger partial charge >= 0.3 is 0 Å². The molecule has 2 aliphatic rings. The van der Waals surface area contributed by atoms with Gasteiger partial charge in [0.1, 0.15) is 5.82 Å². The molecule has 1 aromatic rings. The Morgan fingerprint density at radius 1 is 1.33 bits per heavy atom. The van der Waals surface area contributed by atoms with Crippen molar-refractivity contribution >= 4 is 22.6 Å². The first-order chi connectivity index (χ1) is 8.76. The number of anilines is 1. The number of ether oxygens (including phenoxy) is 1. The van der Waals surface area contributed by atoms with Crippen molar-refractivity contribution in [3.8, 4) is 0 Å². The van der Waals surface area contributed by atoms with Gasteiger partial charge < -0.3 is 10.1 Å². The maximum Gasteiger partial charge on any atom is 0.161 e. The third-order valence-electron chi connectivity index (χ3n) is 3.20. The molecule has 0 atom stereocenters. The molecule has 1 N–H and O–H groups in total. The van der Waals surface area contributed by atoms with Gasteiger partial charge in [-0.05, 0) is 12.8 Å². The molecule has 96 valence electrons. The van der Waals surface area contributed by atoms with Gasteiger partial charge in [-0.3, -0.25) is 9.98 Å². The maximum atomic E-state index is 13.0. The summed E-state index contributed by atoms with van der Waals surface area (Å²) >= 11 is 1.68. The third-order valence-corrected chi connectivity index (χ3v) is 4.34. The smallest absolute Gasteiger partial charge is 0.161 e. The van der Waals surface area contributed by atoms with Crippen LogP contribution in [0.4, 0.5) is 10.1 Å². The Morgan fingerprint density at radius 2 is 2.17 bits per heavy atom. The van der Waals surface area contributed by atoms with Crippen LogP contribution in [-0.2, 0) is 4.74 Å². The molecule has 0 bridgehead atoms. The zero-order valence-corrected chi connectivity index (χ0v) is 10.7. The van der Waals surface area contributed by atoms with Gasteiger partial charge in [-0.1, -0.05) is 11.8 Å². The second-order valence-corrected chi connectivity index (χ2v) is 5.52. The number of aliphatic imine (C=N–C) groups is 1. The Labute approximate surface area is 109 Å². The van der Waals surface area contributed by atoms with Gasteiger partial charge in [-0.15, -0.1) is 0 Å². The standard InChI is InChI=1S/C12H14FN3OS/c13-9-5-10(7-14-6-9)15-11-16-12(8-18-11)1-3-17-4-2-12/h5-7H,1-4,8H2,(H,15,16). The van der Waals surface area contributed by atoms with Gasteiger partial charge in [-0.2, -0.15) is 0 Å². The van der Waals surface area contributed by atoms with Crippen molar-refractivity contribution in [2.45, 2.75) is 18.4 Å². The number of hydrogen-bond donors (Lipinski definition) is 1. The fourth-order valence-electron chi connectivity index (χ4n) is 2.16. The summed E-state index contributed by atoms with van der Waals surface area (Å²) in [6.45, 7) is 1.55. The van der Waals surface area contributed by atoms with E-state index in [-0.39, 0.29) is 11.4 Å². The van der Waals surface area contributed by atoms with E-state index in [1.807, 2.05) is 0 Å². The Morgan fingerprint density at radius 3 is 2.94 bits per heavy atom. The quantitative estimate of drug-likeness (QED) is 0.848. The number of amidine groups is 1. The molecule has 0 radical (unpaired) electrons. The lowest BCUT2D eigenvalue weighted by atomic mass is 9.93. The summed E-state index contributed by atoms with van der Waals surface area (Å²) in [6, 6.07) is 1.42. The van der Waals surface area contributed by atoms with Crippen molar-refractivity contribution in [2.24, 2.45) is 4.99 Å². The number of hydrogen-bond acceptors (Lipinski definition) is 5. The summed E-state index contributed by atoms with van der Waals surface area (Å²) in [6.07, 6.45) is 4.72. The summed E-state index contributed by atoms with van der Waals surface area (Å²) in [5, 5.41) is 3.97. The van der Waals surface area contributed by atoms with Crippen molar-refractivity contribution in [2.75, 3.05) is 24.3 Å². The van der Waals surface area contributed by atoms with E-state index in [0.717, 1.165) is 37.0 Å². The molecule has 0 amide bonds. The molecule has 4 nitrogen and oxygen atoms in total. The third kappa shape index (κ3) is 2.49. The minimum Gasteiger partial charge on any atom is -0.381 e. The zero-order chi connectivity index (χ0) is 12.4. The number of pyridine rings is 1. The molecular formula is C12H14FN3OS. The molecule has 1 saturated heterocycles. The lowest BCUT2D eigenvalue weighted by molar-refractivity contribution is 0.0624. The van der Waals surface area contributed by atoms with Gasteiger partial charge in [0.25, 0.3) is 0 Å². The lowest BCUT2D eigenvalue weighted by Gasteiger charge is -2.29. The van der Waals surface area contributed by atoms with Crippen molar-refractivity contribution in [3.63, 3.8) is 0 Å². The zero-order valence-electron chi connectivity index (χ0n) is 9.86. The van der Waals surface area contributed by atoms with Gasteiger partial charge in [0.05, 0.1) is 23.6 Å². The first-order valence-corrected chi connectivity index (χ1v) is 6.92. The average Bonchev–Trinajstić information content (AvgIpc) is 2.73. The molecule has 1 fully saturated rings. The van der Waals surface area contributed by atoms with Crippen LogP contribution >= 0.6 is 11.8 Å². The Kier molecular flexibility index (Phi) is 3.22. The molecule has 6 heteroatoms. The molecule has 0 saturated carbocycles. The fourth-order valence-corrected chi connectivity index (χ4v) is 3.36. The molecule has 0 unspecified atom stereocenters. The van der Waals surface area contributed by atoms with Crippen molar-refractivity contribution in [3.05, 3.63) is 24.3 Å². The number of rotatable bonds is 1. The number of aromatic nitrogens is 1. The molecule has 1 aromatic heterocycles. The molecule has 3 rings (SSSR count). The minimum absolute atomic E-state index is 0.0198. The highest BCUT2D eigenvalue weighted by atomic mass is 32.2. The van der Waals surface area contributed by atoms with Crippen LogP contribution in [-0.4, -0.2) is 34.7 Å². The topological polar surface area (TPSA) is 46.5 Å². The highest BCUT2D eigenvalue weighted by molar-refractivity contribution is 8.14. The molecular weight excluding hydrogens is 253 g/mol.